The van der Waals surface area contributed by atoms with Crippen LogP contribution in [0.1, 0.15) is 26.7 Å². The summed E-state index contributed by atoms with van der Waals surface area (Å²) in [7, 11) is 0. The Morgan fingerprint density at radius 2 is 2.12 bits per heavy atom. The summed E-state index contributed by atoms with van der Waals surface area (Å²) in [5.41, 5.74) is 0. The number of rotatable bonds is 8. The number of carbonyl (C=O) groups excluding carboxylic acids is 1. The number of carboxylic acids is 1. The lowest BCUT2D eigenvalue weighted by atomic mass is 10.1. The SMILES string of the molecule is C=CCN(CCC)C(=O)NCC(CC)C(=O)O. The molecular weight excluding hydrogens is 220 g/mol. The van der Waals surface area contributed by atoms with Gasteiger partial charge < -0.3 is 15.3 Å². The van der Waals surface area contributed by atoms with Crippen molar-refractivity contribution in [3.63, 3.8) is 0 Å². The van der Waals surface area contributed by atoms with E-state index in [2.05, 4.69) is 11.9 Å². The predicted octanol–water partition coefficient (Wildman–Crippen LogP) is 1.70. The Hall–Kier alpha value is -1.52. The molecule has 0 aromatic heterocycles. The standard InChI is InChI=1S/C12H22N2O3/c1-4-7-14(8-5-2)12(17)13-9-10(6-3)11(15)16/h4,10H,1,5-9H2,2-3H3,(H,13,17)(H,15,16). The maximum absolute atomic E-state index is 11.7. The quantitative estimate of drug-likeness (QED) is 0.636. The van der Waals surface area contributed by atoms with Gasteiger partial charge in [-0.2, -0.15) is 0 Å². The second-order valence-electron chi connectivity index (χ2n) is 3.86. The number of carboxylic acid groups (broad SMARTS) is 1. The van der Waals surface area contributed by atoms with Gasteiger partial charge in [-0.25, -0.2) is 4.79 Å². The van der Waals surface area contributed by atoms with Crippen molar-refractivity contribution in [3.8, 4) is 0 Å². The third kappa shape index (κ3) is 5.94. The summed E-state index contributed by atoms with van der Waals surface area (Å²) in [6.45, 7) is 8.65. The molecule has 1 unspecified atom stereocenters. The van der Waals surface area contributed by atoms with Gasteiger partial charge in [-0.15, -0.1) is 6.58 Å². The number of hydrogen-bond acceptors (Lipinski definition) is 2. The number of nitrogens with zero attached hydrogens (tertiary/aromatic N) is 1. The maximum Gasteiger partial charge on any atom is 0.317 e. The number of amides is 2. The largest absolute Gasteiger partial charge is 0.481 e. The van der Waals surface area contributed by atoms with E-state index in [9.17, 15) is 9.59 Å². The Labute approximate surface area is 102 Å². The molecule has 2 amide bonds. The minimum Gasteiger partial charge on any atom is -0.481 e. The fourth-order valence-electron chi connectivity index (χ4n) is 1.43. The van der Waals surface area contributed by atoms with E-state index in [0.29, 0.717) is 19.5 Å². The molecule has 5 nitrogen and oxygen atoms in total. The Bertz CT molecular complexity index is 266. The normalized spacial score (nSPS) is 11.6. The molecule has 0 aliphatic rings. The molecule has 0 bridgehead atoms. The highest BCUT2D eigenvalue weighted by atomic mass is 16.4. The van der Waals surface area contributed by atoms with Gasteiger partial charge in [0.2, 0.25) is 0 Å². The average Bonchev–Trinajstić information content (AvgIpc) is 2.28. The van der Waals surface area contributed by atoms with Crippen LogP contribution in [-0.4, -0.2) is 41.6 Å². The van der Waals surface area contributed by atoms with E-state index in [0.717, 1.165) is 6.42 Å². The van der Waals surface area contributed by atoms with Crippen LogP contribution in [0.2, 0.25) is 0 Å². The molecule has 0 rings (SSSR count). The zero-order valence-electron chi connectivity index (χ0n) is 10.6. The van der Waals surface area contributed by atoms with Gasteiger partial charge in [0.1, 0.15) is 0 Å². The average molecular weight is 242 g/mol. The van der Waals surface area contributed by atoms with Crippen LogP contribution in [0.25, 0.3) is 0 Å². The van der Waals surface area contributed by atoms with Crippen molar-refractivity contribution >= 4 is 12.0 Å². The molecule has 0 saturated carbocycles. The zero-order chi connectivity index (χ0) is 13.3. The first kappa shape index (κ1) is 15.5. The Kier molecular flexibility index (Phi) is 7.84. The summed E-state index contributed by atoms with van der Waals surface area (Å²) in [6, 6.07) is -0.230. The van der Waals surface area contributed by atoms with Crippen LogP contribution in [-0.2, 0) is 4.79 Å². The predicted molar refractivity (Wildman–Crippen MR) is 66.9 cm³/mol. The zero-order valence-corrected chi connectivity index (χ0v) is 10.6. The van der Waals surface area contributed by atoms with Gasteiger partial charge in [-0.05, 0) is 12.8 Å². The highest BCUT2D eigenvalue weighted by molar-refractivity contribution is 5.76. The summed E-state index contributed by atoms with van der Waals surface area (Å²) < 4.78 is 0. The monoisotopic (exact) mass is 242 g/mol. The van der Waals surface area contributed by atoms with Gasteiger partial charge >= 0.3 is 12.0 Å². The van der Waals surface area contributed by atoms with Crippen molar-refractivity contribution in [3.05, 3.63) is 12.7 Å². The highest BCUT2D eigenvalue weighted by Crippen LogP contribution is 2.01. The molecule has 5 heteroatoms. The summed E-state index contributed by atoms with van der Waals surface area (Å²) >= 11 is 0. The Morgan fingerprint density at radius 1 is 1.47 bits per heavy atom. The topological polar surface area (TPSA) is 69.6 Å². The van der Waals surface area contributed by atoms with Crippen LogP contribution in [0.5, 0.6) is 0 Å². The lowest BCUT2D eigenvalue weighted by Crippen LogP contribution is -2.43. The van der Waals surface area contributed by atoms with Crippen molar-refractivity contribution in [1.29, 1.82) is 0 Å². The van der Waals surface area contributed by atoms with Gasteiger partial charge in [0.05, 0.1) is 5.92 Å². The van der Waals surface area contributed by atoms with Crippen LogP contribution < -0.4 is 5.32 Å². The summed E-state index contributed by atoms with van der Waals surface area (Å²) in [6.07, 6.45) is 3.02. The number of aliphatic carboxylic acids is 1. The van der Waals surface area contributed by atoms with E-state index >= 15 is 0 Å². The van der Waals surface area contributed by atoms with Crippen molar-refractivity contribution < 1.29 is 14.7 Å². The van der Waals surface area contributed by atoms with Crippen molar-refractivity contribution in [2.45, 2.75) is 26.7 Å². The van der Waals surface area contributed by atoms with Crippen LogP contribution in [0, 0.1) is 5.92 Å². The smallest absolute Gasteiger partial charge is 0.317 e. The van der Waals surface area contributed by atoms with Crippen molar-refractivity contribution in [1.82, 2.24) is 10.2 Å². The number of urea groups is 1. The fourth-order valence-corrected chi connectivity index (χ4v) is 1.43. The van der Waals surface area contributed by atoms with Gasteiger partial charge in [-0.1, -0.05) is 19.9 Å². The van der Waals surface area contributed by atoms with Crippen molar-refractivity contribution in [2.75, 3.05) is 19.6 Å². The molecule has 0 aliphatic heterocycles. The van der Waals surface area contributed by atoms with E-state index in [1.54, 1.807) is 17.9 Å². The molecule has 0 aromatic carbocycles. The first-order valence-corrected chi connectivity index (χ1v) is 5.93. The lowest BCUT2D eigenvalue weighted by Gasteiger charge is -2.22. The highest BCUT2D eigenvalue weighted by Gasteiger charge is 2.17. The lowest BCUT2D eigenvalue weighted by molar-refractivity contribution is -0.141. The Balaban J connectivity index is 4.20. The number of hydrogen-bond donors (Lipinski definition) is 2. The molecule has 1 atom stereocenters. The molecule has 0 fully saturated rings. The first-order chi connectivity index (χ1) is 8.06. The fraction of sp³-hybridized carbons (Fsp3) is 0.667. The molecule has 0 heterocycles. The van der Waals surface area contributed by atoms with Crippen molar-refractivity contribution in [2.24, 2.45) is 5.92 Å². The van der Waals surface area contributed by atoms with E-state index in [1.165, 1.54) is 0 Å². The van der Waals surface area contributed by atoms with E-state index in [4.69, 9.17) is 5.11 Å². The molecule has 0 aromatic rings. The molecule has 0 radical (unpaired) electrons. The second kappa shape index (κ2) is 8.61. The third-order valence-electron chi connectivity index (χ3n) is 2.47. The molecule has 0 saturated heterocycles. The Morgan fingerprint density at radius 3 is 2.53 bits per heavy atom. The number of carbonyl (C=O) groups is 2. The van der Waals surface area contributed by atoms with Gasteiger partial charge in [-0.3, -0.25) is 4.79 Å². The maximum atomic E-state index is 11.7. The summed E-state index contributed by atoms with van der Waals surface area (Å²) in [4.78, 5) is 24.1. The van der Waals surface area contributed by atoms with Gasteiger partial charge in [0.15, 0.2) is 0 Å². The number of nitrogens with one attached hydrogen (secondary N) is 1. The van der Waals surface area contributed by atoms with Crippen LogP contribution in [0.3, 0.4) is 0 Å². The van der Waals surface area contributed by atoms with E-state index in [1.807, 2.05) is 6.92 Å². The first-order valence-electron chi connectivity index (χ1n) is 5.93. The molecule has 0 aliphatic carbocycles. The van der Waals surface area contributed by atoms with E-state index < -0.39 is 11.9 Å². The van der Waals surface area contributed by atoms with E-state index in [-0.39, 0.29) is 12.6 Å². The minimum absolute atomic E-state index is 0.169. The molecular formula is C12H22N2O3. The molecule has 98 valence electrons. The second-order valence-corrected chi connectivity index (χ2v) is 3.86. The summed E-state index contributed by atoms with van der Waals surface area (Å²) in [5.74, 6) is -1.40. The summed E-state index contributed by atoms with van der Waals surface area (Å²) in [5, 5.41) is 11.5. The third-order valence-corrected chi connectivity index (χ3v) is 2.47. The molecule has 17 heavy (non-hydrogen) atoms. The van der Waals surface area contributed by atoms with Gasteiger partial charge in [0.25, 0.3) is 0 Å². The van der Waals surface area contributed by atoms with Crippen LogP contribution >= 0.6 is 0 Å². The van der Waals surface area contributed by atoms with Gasteiger partial charge in [0, 0.05) is 19.6 Å². The van der Waals surface area contributed by atoms with Crippen LogP contribution in [0.15, 0.2) is 12.7 Å². The van der Waals surface area contributed by atoms with Crippen LogP contribution in [0.4, 0.5) is 4.79 Å². The minimum atomic E-state index is -0.876. The molecule has 0 spiro atoms. The molecule has 2 N–H and O–H groups in total.